The van der Waals surface area contributed by atoms with Crippen molar-refractivity contribution in [1.82, 2.24) is 0 Å². The summed E-state index contributed by atoms with van der Waals surface area (Å²) in [5.41, 5.74) is 0.750. The summed E-state index contributed by atoms with van der Waals surface area (Å²) >= 11 is 0. The monoisotopic (exact) mass is 178 g/mol. The Morgan fingerprint density at radius 1 is 1.38 bits per heavy atom. The van der Waals surface area contributed by atoms with E-state index in [1.165, 1.54) is 0 Å². The summed E-state index contributed by atoms with van der Waals surface area (Å²) in [6.07, 6.45) is 0.525. The molecule has 1 aromatic carbocycles. The molecule has 0 aliphatic rings. The predicted molar refractivity (Wildman–Crippen MR) is 47.5 cm³/mol. The van der Waals surface area contributed by atoms with Crippen LogP contribution in [0.3, 0.4) is 0 Å². The molecule has 0 aliphatic heterocycles. The van der Waals surface area contributed by atoms with Gasteiger partial charge in [0, 0.05) is 0 Å². The first-order valence-corrected chi connectivity index (χ1v) is 3.96. The van der Waals surface area contributed by atoms with Crippen LogP contribution in [-0.2, 0) is 9.59 Å². The van der Waals surface area contributed by atoms with Crippen molar-refractivity contribution in [3.05, 3.63) is 35.9 Å². The van der Waals surface area contributed by atoms with Crippen LogP contribution < -0.4 is 0 Å². The molecule has 0 spiro atoms. The van der Waals surface area contributed by atoms with E-state index in [0.717, 1.165) is 5.56 Å². The second-order valence-electron chi connectivity index (χ2n) is 2.75. The summed E-state index contributed by atoms with van der Waals surface area (Å²) < 4.78 is 0. The molecule has 3 heteroatoms. The van der Waals surface area contributed by atoms with E-state index in [-0.39, 0.29) is 6.42 Å². The van der Waals surface area contributed by atoms with E-state index in [2.05, 4.69) is 0 Å². The fourth-order valence-electron chi connectivity index (χ4n) is 1.13. The van der Waals surface area contributed by atoms with Gasteiger partial charge in [-0.25, -0.2) is 0 Å². The highest BCUT2D eigenvalue weighted by Gasteiger charge is 2.13. The van der Waals surface area contributed by atoms with Crippen molar-refractivity contribution < 1.29 is 14.7 Å². The molecule has 0 radical (unpaired) electrons. The Balaban J connectivity index is 2.78. The molecule has 0 unspecified atom stereocenters. The average Bonchev–Trinajstić information content (AvgIpc) is 2.15. The SMILES string of the molecule is O=C[C@@H](CC(=O)O)c1ccccc1. The van der Waals surface area contributed by atoms with Gasteiger partial charge in [0.2, 0.25) is 0 Å². The van der Waals surface area contributed by atoms with Crippen molar-refractivity contribution in [1.29, 1.82) is 0 Å². The summed E-state index contributed by atoms with van der Waals surface area (Å²) in [7, 11) is 0. The molecule has 0 fully saturated rings. The summed E-state index contributed by atoms with van der Waals surface area (Å²) in [6, 6.07) is 8.90. The molecule has 1 N–H and O–H groups in total. The normalized spacial score (nSPS) is 12.0. The zero-order valence-corrected chi connectivity index (χ0v) is 7.01. The maximum atomic E-state index is 10.6. The number of benzene rings is 1. The molecular weight excluding hydrogens is 168 g/mol. The van der Waals surface area contributed by atoms with Gasteiger partial charge in [-0.1, -0.05) is 30.3 Å². The zero-order valence-electron chi connectivity index (χ0n) is 7.01. The molecular formula is C10H10O3. The van der Waals surface area contributed by atoms with E-state index in [0.29, 0.717) is 6.29 Å². The smallest absolute Gasteiger partial charge is 0.304 e. The van der Waals surface area contributed by atoms with Gasteiger partial charge in [0.15, 0.2) is 0 Å². The van der Waals surface area contributed by atoms with Crippen LogP contribution >= 0.6 is 0 Å². The Kier molecular flexibility index (Phi) is 3.20. The van der Waals surface area contributed by atoms with Crippen LogP contribution in [0.4, 0.5) is 0 Å². The quantitative estimate of drug-likeness (QED) is 0.710. The molecule has 1 atom stereocenters. The van der Waals surface area contributed by atoms with Crippen molar-refractivity contribution in [2.75, 3.05) is 0 Å². The predicted octanol–water partition coefficient (Wildman–Crippen LogP) is 1.44. The number of carboxylic acid groups (broad SMARTS) is 1. The number of aldehydes is 1. The number of hydrogen-bond donors (Lipinski definition) is 1. The summed E-state index contributed by atoms with van der Waals surface area (Å²) in [5, 5.41) is 8.52. The lowest BCUT2D eigenvalue weighted by molar-refractivity contribution is -0.138. The second kappa shape index (κ2) is 4.40. The lowest BCUT2D eigenvalue weighted by Crippen LogP contribution is -2.07. The van der Waals surface area contributed by atoms with Gasteiger partial charge >= 0.3 is 5.97 Å². The number of carbonyl (C=O) groups excluding carboxylic acids is 1. The molecule has 1 aromatic rings. The van der Waals surface area contributed by atoms with Crippen LogP contribution in [-0.4, -0.2) is 17.4 Å². The minimum atomic E-state index is -0.957. The van der Waals surface area contributed by atoms with Crippen LogP contribution in [0.25, 0.3) is 0 Å². The first kappa shape index (κ1) is 9.45. The molecule has 68 valence electrons. The minimum absolute atomic E-state index is 0.145. The van der Waals surface area contributed by atoms with Gasteiger partial charge in [0.05, 0.1) is 12.3 Å². The molecule has 0 aromatic heterocycles. The summed E-state index contributed by atoms with van der Waals surface area (Å²) in [6.45, 7) is 0. The third kappa shape index (κ3) is 2.71. The number of hydrogen-bond acceptors (Lipinski definition) is 2. The number of aliphatic carboxylic acids is 1. The van der Waals surface area contributed by atoms with Gasteiger partial charge in [-0.05, 0) is 5.56 Å². The van der Waals surface area contributed by atoms with Crippen molar-refractivity contribution >= 4 is 12.3 Å². The van der Waals surface area contributed by atoms with Gasteiger partial charge in [-0.2, -0.15) is 0 Å². The molecule has 13 heavy (non-hydrogen) atoms. The fraction of sp³-hybridized carbons (Fsp3) is 0.200. The Hall–Kier alpha value is -1.64. The fourth-order valence-corrected chi connectivity index (χ4v) is 1.13. The molecule has 0 heterocycles. The Bertz CT molecular complexity index is 292. The maximum Gasteiger partial charge on any atom is 0.304 e. The van der Waals surface area contributed by atoms with Crippen molar-refractivity contribution in [3.63, 3.8) is 0 Å². The third-order valence-corrected chi connectivity index (χ3v) is 1.79. The maximum absolute atomic E-state index is 10.6. The van der Waals surface area contributed by atoms with E-state index in [1.807, 2.05) is 6.07 Å². The Morgan fingerprint density at radius 2 is 2.00 bits per heavy atom. The molecule has 0 saturated heterocycles. The van der Waals surface area contributed by atoms with Gasteiger partial charge < -0.3 is 9.90 Å². The van der Waals surface area contributed by atoms with E-state index in [4.69, 9.17) is 5.11 Å². The van der Waals surface area contributed by atoms with Crippen LogP contribution in [0.1, 0.15) is 17.9 Å². The van der Waals surface area contributed by atoms with Gasteiger partial charge in [-0.3, -0.25) is 4.79 Å². The lowest BCUT2D eigenvalue weighted by atomic mass is 9.98. The van der Waals surface area contributed by atoms with E-state index in [9.17, 15) is 9.59 Å². The molecule has 1 rings (SSSR count). The molecule has 0 amide bonds. The zero-order chi connectivity index (χ0) is 9.68. The summed E-state index contributed by atoms with van der Waals surface area (Å²) in [4.78, 5) is 21.0. The highest BCUT2D eigenvalue weighted by molar-refractivity contribution is 5.75. The Labute approximate surface area is 76.0 Å². The number of rotatable bonds is 4. The first-order chi connectivity index (χ1) is 6.24. The standard InChI is InChI=1S/C10H10O3/c11-7-9(6-10(12)13)8-4-2-1-3-5-8/h1-5,7,9H,6H2,(H,12,13)/t9-/m1/s1. The van der Waals surface area contributed by atoms with Gasteiger partial charge in [0.1, 0.15) is 6.29 Å². The van der Waals surface area contributed by atoms with Crippen molar-refractivity contribution in [2.45, 2.75) is 12.3 Å². The molecule has 0 saturated carbocycles. The van der Waals surface area contributed by atoms with Crippen molar-refractivity contribution in [2.24, 2.45) is 0 Å². The van der Waals surface area contributed by atoms with Gasteiger partial charge in [0.25, 0.3) is 0 Å². The highest BCUT2D eigenvalue weighted by atomic mass is 16.4. The molecule has 0 bridgehead atoms. The van der Waals surface area contributed by atoms with E-state index < -0.39 is 11.9 Å². The third-order valence-electron chi connectivity index (χ3n) is 1.79. The lowest BCUT2D eigenvalue weighted by Gasteiger charge is -2.06. The minimum Gasteiger partial charge on any atom is -0.481 e. The molecule has 3 nitrogen and oxygen atoms in total. The highest BCUT2D eigenvalue weighted by Crippen LogP contribution is 2.16. The first-order valence-electron chi connectivity index (χ1n) is 3.96. The topological polar surface area (TPSA) is 54.4 Å². The average molecular weight is 178 g/mol. The van der Waals surface area contributed by atoms with E-state index in [1.54, 1.807) is 24.3 Å². The van der Waals surface area contributed by atoms with Crippen LogP contribution in [0.5, 0.6) is 0 Å². The molecule has 0 aliphatic carbocycles. The second-order valence-corrected chi connectivity index (χ2v) is 2.75. The van der Waals surface area contributed by atoms with Crippen molar-refractivity contribution in [3.8, 4) is 0 Å². The Morgan fingerprint density at radius 3 is 2.46 bits per heavy atom. The van der Waals surface area contributed by atoms with Crippen LogP contribution in [0, 0.1) is 0 Å². The van der Waals surface area contributed by atoms with Crippen LogP contribution in [0.15, 0.2) is 30.3 Å². The largest absolute Gasteiger partial charge is 0.481 e. The number of carboxylic acids is 1. The number of carbonyl (C=O) groups is 2. The van der Waals surface area contributed by atoms with Gasteiger partial charge in [-0.15, -0.1) is 0 Å². The van der Waals surface area contributed by atoms with Crippen LogP contribution in [0.2, 0.25) is 0 Å². The summed E-state index contributed by atoms with van der Waals surface area (Å²) in [5.74, 6) is -1.49. The van der Waals surface area contributed by atoms with E-state index >= 15 is 0 Å².